The molecule has 0 amide bonds. The van der Waals surface area contributed by atoms with Gasteiger partial charge in [0.05, 0.1) is 5.75 Å². The number of rotatable bonds is 2. The zero-order valence-corrected chi connectivity index (χ0v) is 25.4. The normalized spacial score (nSPS) is 12.8. The van der Waals surface area contributed by atoms with Crippen molar-refractivity contribution in [3.63, 3.8) is 0 Å². The fourth-order valence-corrected chi connectivity index (χ4v) is 4.86. The molecule has 0 saturated carbocycles. The predicted molar refractivity (Wildman–Crippen MR) is 163 cm³/mol. The van der Waals surface area contributed by atoms with Gasteiger partial charge in [-0.05, 0) is 57.9 Å². The van der Waals surface area contributed by atoms with Gasteiger partial charge in [-0.1, -0.05) is 80.4 Å². The number of benzene rings is 4. The summed E-state index contributed by atoms with van der Waals surface area (Å²) >= 11 is 0. The van der Waals surface area contributed by atoms with Crippen LogP contribution in [0.15, 0.2) is 109 Å². The molecule has 41 heavy (non-hydrogen) atoms. The van der Waals surface area contributed by atoms with Gasteiger partial charge >= 0.3 is 0 Å². The second kappa shape index (κ2) is 11.8. The Morgan fingerprint density at radius 3 is 2.37 bits per heavy atom. The van der Waals surface area contributed by atoms with E-state index >= 15 is 0 Å². The molecule has 0 spiro atoms. The Morgan fingerprint density at radius 1 is 0.780 bits per heavy atom. The fourth-order valence-electron chi connectivity index (χ4n) is 4.86. The van der Waals surface area contributed by atoms with E-state index in [4.69, 9.17) is 8.85 Å². The topological polar surface area (TPSA) is 35.0 Å². The van der Waals surface area contributed by atoms with Gasteiger partial charge in [-0.3, -0.25) is 0 Å². The molecule has 1 aliphatic heterocycles. The minimum Gasteiger partial charge on any atom is -0.501 e. The van der Waals surface area contributed by atoms with Gasteiger partial charge < -0.3 is 14.7 Å². The summed E-state index contributed by atoms with van der Waals surface area (Å²) in [5.41, 5.74) is 7.25. The molecule has 3 heterocycles. The number of aromatic nitrogens is 2. The number of fused-ring (bicyclic) bond motifs is 2. The molecule has 3 nitrogen and oxygen atoms in total. The Kier molecular flexibility index (Phi) is 7.09. The maximum atomic E-state index is 7.23. The first-order valence-corrected chi connectivity index (χ1v) is 13.2. The van der Waals surface area contributed by atoms with Crippen LogP contribution in [0.1, 0.15) is 36.0 Å². The monoisotopic (exact) mass is 714 g/mol. The maximum absolute atomic E-state index is 7.23. The van der Waals surface area contributed by atoms with Crippen LogP contribution in [-0.4, -0.2) is 9.97 Å². The van der Waals surface area contributed by atoms with Crippen LogP contribution in [0, 0.1) is 19.0 Å². The summed E-state index contributed by atoms with van der Waals surface area (Å²) < 4.78 is 28.1. The van der Waals surface area contributed by atoms with E-state index in [0.29, 0.717) is 0 Å². The Hall–Kier alpha value is -4.11. The minimum atomic E-state index is -2.09. The molecule has 0 fully saturated rings. The second-order valence-electron chi connectivity index (χ2n) is 10.7. The molecule has 0 N–H and O–H groups in total. The summed E-state index contributed by atoms with van der Waals surface area (Å²) in [5.74, 6) is 1.73. The van der Waals surface area contributed by atoms with Crippen molar-refractivity contribution >= 4 is 10.8 Å². The summed E-state index contributed by atoms with van der Waals surface area (Å²) in [6.45, 7) is 4.54. The van der Waals surface area contributed by atoms with Crippen LogP contribution in [0.25, 0.3) is 44.4 Å². The van der Waals surface area contributed by atoms with E-state index in [1.54, 1.807) is 18.2 Å². The van der Waals surface area contributed by atoms with E-state index in [-0.39, 0.29) is 31.1 Å². The number of ether oxygens (including phenoxy) is 1. The zero-order chi connectivity index (χ0) is 30.2. The van der Waals surface area contributed by atoms with Gasteiger partial charge in [0.15, 0.2) is 0 Å². The van der Waals surface area contributed by atoms with Gasteiger partial charge in [0.1, 0.15) is 5.75 Å². The van der Waals surface area contributed by atoms with Crippen LogP contribution in [-0.2, 0) is 25.5 Å². The third kappa shape index (κ3) is 5.86. The fraction of sp³-hybridized carbons (Fsp3) is 0.135. The Morgan fingerprint density at radius 2 is 1.63 bits per heavy atom. The van der Waals surface area contributed by atoms with Crippen molar-refractivity contribution in [1.82, 2.24) is 9.97 Å². The molecule has 0 atom stereocenters. The average Bonchev–Trinajstić information content (AvgIpc) is 3.01. The van der Waals surface area contributed by atoms with Crippen LogP contribution in [0.5, 0.6) is 11.5 Å². The summed E-state index contributed by atoms with van der Waals surface area (Å²) in [5, 5.41) is 2.36. The van der Waals surface area contributed by atoms with Gasteiger partial charge in [-0.15, -0.1) is 54.1 Å². The molecule has 0 aliphatic carbocycles. The van der Waals surface area contributed by atoms with Crippen LogP contribution >= 0.6 is 0 Å². The van der Waals surface area contributed by atoms with Gasteiger partial charge in [-0.2, -0.15) is 0 Å². The summed E-state index contributed by atoms with van der Waals surface area (Å²) in [6.07, 6.45) is 3.27. The first-order valence-electron chi connectivity index (χ1n) is 14.7. The Bertz CT molecular complexity index is 1910. The third-order valence-corrected chi connectivity index (χ3v) is 6.95. The average molecular weight is 714 g/mol. The minimum absolute atomic E-state index is 0. The molecule has 0 bridgehead atoms. The third-order valence-electron chi connectivity index (χ3n) is 6.95. The van der Waals surface area contributed by atoms with Crippen molar-refractivity contribution in [2.24, 2.45) is 0 Å². The quantitative estimate of drug-likeness (QED) is 0.168. The van der Waals surface area contributed by atoms with E-state index in [1.165, 1.54) is 28.1 Å². The SMILES string of the molecule is CC(C)(C)c1ccnc(-c2[c-]ccc3c2Oc2cccc4cccc-3c24)c1.[2H]C([2H])([2H])c1ccc(-c2[c-]cccc2)nc1.[Ir]. The van der Waals surface area contributed by atoms with Crippen molar-refractivity contribution < 1.29 is 29.0 Å². The van der Waals surface area contributed by atoms with Gasteiger partial charge in [0, 0.05) is 42.0 Å². The van der Waals surface area contributed by atoms with Crippen molar-refractivity contribution in [2.45, 2.75) is 33.0 Å². The van der Waals surface area contributed by atoms with Gasteiger partial charge in [-0.25, -0.2) is 0 Å². The predicted octanol–water partition coefficient (Wildman–Crippen LogP) is 9.63. The van der Waals surface area contributed by atoms with Crippen LogP contribution in [0.2, 0.25) is 0 Å². The maximum Gasteiger partial charge on any atom is 0.122 e. The molecule has 2 aromatic heterocycles. The van der Waals surface area contributed by atoms with E-state index in [2.05, 4.69) is 85.3 Å². The van der Waals surface area contributed by atoms with E-state index in [1.807, 2.05) is 42.6 Å². The largest absolute Gasteiger partial charge is 0.501 e. The van der Waals surface area contributed by atoms with Crippen LogP contribution in [0.4, 0.5) is 0 Å². The summed E-state index contributed by atoms with van der Waals surface area (Å²) in [6, 6.07) is 38.0. The summed E-state index contributed by atoms with van der Waals surface area (Å²) in [7, 11) is 0. The van der Waals surface area contributed by atoms with Crippen molar-refractivity contribution in [1.29, 1.82) is 0 Å². The number of hydrogen-bond acceptors (Lipinski definition) is 3. The van der Waals surface area contributed by atoms with Crippen LogP contribution in [0.3, 0.4) is 0 Å². The molecule has 205 valence electrons. The van der Waals surface area contributed by atoms with Gasteiger partial charge in [0.2, 0.25) is 0 Å². The molecule has 4 aromatic carbocycles. The Labute approximate surface area is 259 Å². The molecule has 6 aromatic rings. The second-order valence-corrected chi connectivity index (χ2v) is 10.7. The van der Waals surface area contributed by atoms with E-state index < -0.39 is 6.85 Å². The van der Waals surface area contributed by atoms with Gasteiger partial charge in [0.25, 0.3) is 0 Å². The standard InChI is InChI=1S/C25H20NO.C12H10N.Ir/c1-25(2,3)17-13-14-26-21(15-17)20-11-6-10-19-18-9-4-7-16-8-5-12-22(23(16)18)27-24(19)20;1-10-7-8-12(13-9-10)11-5-3-2-4-6-11;/h4-10,12-15H,1-3H3;2-5,7-9H,1H3;/q2*-1;/i;1D3;. The first-order chi connectivity index (χ1) is 20.6. The van der Waals surface area contributed by atoms with E-state index in [9.17, 15) is 0 Å². The number of aryl methyl sites for hydroxylation is 1. The van der Waals surface area contributed by atoms with Crippen LogP contribution < -0.4 is 4.74 Å². The van der Waals surface area contributed by atoms with Crippen molar-refractivity contribution in [3.8, 4) is 45.1 Å². The van der Waals surface area contributed by atoms with E-state index in [0.717, 1.165) is 39.6 Å². The Balaban J connectivity index is 0.000000194. The summed E-state index contributed by atoms with van der Waals surface area (Å²) in [4.78, 5) is 8.75. The molecule has 0 unspecified atom stereocenters. The number of pyridine rings is 2. The first kappa shape index (κ1) is 24.7. The zero-order valence-electron chi connectivity index (χ0n) is 26.0. The number of hydrogen-bond donors (Lipinski definition) is 0. The molecule has 1 aliphatic rings. The van der Waals surface area contributed by atoms with Crippen molar-refractivity contribution in [2.75, 3.05) is 0 Å². The van der Waals surface area contributed by atoms with Crippen molar-refractivity contribution in [3.05, 3.63) is 133 Å². The molecular weight excluding hydrogens is 681 g/mol. The number of nitrogens with zero attached hydrogens (tertiary/aromatic N) is 2. The molecule has 4 heteroatoms. The molecular formula is C37H30IrN2O-2. The molecule has 1 radical (unpaired) electrons. The molecule has 0 saturated heterocycles. The smallest absolute Gasteiger partial charge is 0.122 e. The molecule has 7 rings (SSSR count).